The summed E-state index contributed by atoms with van der Waals surface area (Å²) in [4.78, 5) is 0. The van der Waals surface area contributed by atoms with E-state index in [1.807, 2.05) is 0 Å². The highest BCUT2D eigenvalue weighted by Crippen LogP contribution is 2.31. The van der Waals surface area contributed by atoms with E-state index in [9.17, 15) is 0 Å². The van der Waals surface area contributed by atoms with Crippen LogP contribution in [0.5, 0.6) is 0 Å². The Balaban J connectivity index is 2.06. The first-order chi connectivity index (χ1) is 5.83. The van der Waals surface area contributed by atoms with Gasteiger partial charge in [0.05, 0.1) is 0 Å². The predicted octanol–water partition coefficient (Wildman–Crippen LogP) is 4.36. The second-order valence-electron chi connectivity index (χ2n) is 4.13. The van der Waals surface area contributed by atoms with Crippen molar-refractivity contribution in [2.45, 2.75) is 63.7 Å². The quantitative estimate of drug-likeness (QED) is 0.454. The van der Waals surface area contributed by atoms with Gasteiger partial charge in [0.15, 0.2) is 0 Å². The molecule has 0 spiro atoms. The van der Waals surface area contributed by atoms with Gasteiger partial charge in [-0.2, -0.15) is 0 Å². The molecule has 0 aromatic rings. The molecule has 12 heavy (non-hydrogen) atoms. The summed E-state index contributed by atoms with van der Waals surface area (Å²) in [5, 5.41) is 0.491. The zero-order valence-electron chi connectivity index (χ0n) is 8.19. The predicted molar refractivity (Wildman–Crippen MR) is 55.7 cm³/mol. The average Bonchev–Trinajstić information content (AvgIpc) is 2.05. The van der Waals surface area contributed by atoms with E-state index >= 15 is 0 Å². The molecule has 72 valence electrons. The molecule has 0 aromatic heterocycles. The molecule has 0 nitrogen and oxygen atoms in total. The molecule has 0 radical (unpaired) electrons. The van der Waals surface area contributed by atoms with Crippen molar-refractivity contribution in [3.05, 3.63) is 0 Å². The number of rotatable bonds is 4. The van der Waals surface area contributed by atoms with Crippen molar-refractivity contribution in [3.63, 3.8) is 0 Å². The smallest absolute Gasteiger partial charge is 0.0338 e. The van der Waals surface area contributed by atoms with Crippen LogP contribution in [0.15, 0.2) is 0 Å². The van der Waals surface area contributed by atoms with E-state index in [1.54, 1.807) is 0 Å². The zero-order valence-corrected chi connectivity index (χ0v) is 8.95. The van der Waals surface area contributed by atoms with Crippen LogP contribution >= 0.6 is 11.6 Å². The number of unbranched alkanes of at least 4 members (excludes halogenated alkanes) is 2. The number of hydrogen-bond acceptors (Lipinski definition) is 0. The SMILES string of the molecule is CCCCCC1CCCC(Cl)C1. The molecule has 0 N–H and O–H groups in total. The Morgan fingerprint density at radius 3 is 2.75 bits per heavy atom. The molecular weight excluding hydrogens is 168 g/mol. The van der Waals surface area contributed by atoms with Crippen LogP contribution < -0.4 is 0 Å². The third kappa shape index (κ3) is 3.80. The molecule has 1 heteroatoms. The van der Waals surface area contributed by atoms with Gasteiger partial charge < -0.3 is 0 Å². The summed E-state index contributed by atoms with van der Waals surface area (Å²) in [7, 11) is 0. The average molecular weight is 189 g/mol. The maximum atomic E-state index is 6.12. The van der Waals surface area contributed by atoms with Crippen LogP contribution in [-0.4, -0.2) is 5.38 Å². The zero-order chi connectivity index (χ0) is 8.81. The largest absolute Gasteiger partial charge is 0.123 e. The van der Waals surface area contributed by atoms with Gasteiger partial charge in [0.1, 0.15) is 0 Å². The number of alkyl halides is 1. The van der Waals surface area contributed by atoms with Gasteiger partial charge in [-0.15, -0.1) is 11.6 Å². The van der Waals surface area contributed by atoms with E-state index in [4.69, 9.17) is 11.6 Å². The molecule has 0 bridgehead atoms. The van der Waals surface area contributed by atoms with Crippen molar-refractivity contribution in [1.82, 2.24) is 0 Å². The van der Waals surface area contributed by atoms with Crippen LogP contribution in [0.25, 0.3) is 0 Å². The molecule has 2 atom stereocenters. The Hall–Kier alpha value is 0.290. The first kappa shape index (κ1) is 10.4. The van der Waals surface area contributed by atoms with Gasteiger partial charge in [0.25, 0.3) is 0 Å². The summed E-state index contributed by atoms with van der Waals surface area (Å²) < 4.78 is 0. The first-order valence-electron chi connectivity index (χ1n) is 5.47. The van der Waals surface area contributed by atoms with Gasteiger partial charge in [0.2, 0.25) is 0 Å². The lowest BCUT2D eigenvalue weighted by Crippen LogP contribution is -2.15. The van der Waals surface area contributed by atoms with E-state index in [0.29, 0.717) is 5.38 Å². The summed E-state index contributed by atoms with van der Waals surface area (Å²) >= 11 is 6.12. The summed E-state index contributed by atoms with van der Waals surface area (Å²) in [5.74, 6) is 0.952. The van der Waals surface area contributed by atoms with E-state index in [0.717, 1.165) is 5.92 Å². The van der Waals surface area contributed by atoms with Crippen LogP contribution in [0.4, 0.5) is 0 Å². The third-order valence-corrected chi connectivity index (χ3v) is 3.33. The molecule has 0 amide bonds. The van der Waals surface area contributed by atoms with Crippen molar-refractivity contribution in [2.75, 3.05) is 0 Å². The maximum Gasteiger partial charge on any atom is 0.0338 e. The Bertz CT molecular complexity index is 112. The standard InChI is InChI=1S/C11H21Cl/c1-2-3-4-6-10-7-5-8-11(12)9-10/h10-11H,2-9H2,1H3. The normalized spacial score (nSPS) is 30.5. The molecule has 1 aliphatic carbocycles. The van der Waals surface area contributed by atoms with Crippen LogP contribution in [0.2, 0.25) is 0 Å². The van der Waals surface area contributed by atoms with Crippen molar-refractivity contribution >= 4 is 11.6 Å². The minimum atomic E-state index is 0.491. The third-order valence-electron chi connectivity index (χ3n) is 2.93. The molecule has 1 fully saturated rings. The van der Waals surface area contributed by atoms with Gasteiger partial charge in [0, 0.05) is 5.38 Å². The molecular formula is C11H21Cl. The van der Waals surface area contributed by atoms with Crippen LogP contribution in [0.3, 0.4) is 0 Å². The summed E-state index contributed by atoms with van der Waals surface area (Å²) in [6, 6.07) is 0. The Morgan fingerprint density at radius 2 is 2.08 bits per heavy atom. The highest BCUT2D eigenvalue weighted by atomic mass is 35.5. The Kier molecular flexibility index (Phi) is 5.06. The van der Waals surface area contributed by atoms with Gasteiger partial charge in [-0.05, 0) is 18.8 Å². The summed E-state index contributed by atoms with van der Waals surface area (Å²) in [5.41, 5.74) is 0. The molecule has 1 rings (SSSR count). The first-order valence-corrected chi connectivity index (χ1v) is 5.90. The van der Waals surface area contributed by atoms with Crippen LogP contribution in [0, 0.1) is 5.92 Å². The lowest BCUT2D eigenvalue weighted by Gasteiger charge is -2.25. The highest BCUT2D eigenvalue weighted by Gasteiger charge is 2.19. The number of halogens is 1. The minimum Gasteiger partial charge on any atom is -0.123 e. The Labute approximate surface area is 81.7 Å². The van der Waals surface area contributed by atoms with Crippen molar-refractivity contribution in [1.29, 1.82) is 0 Å². The fraction of sp³-hybridized carbons (Fsp3) is 1.00. The monoisotopic (exact) mass is 188 g/mol. The maximum absolute atomic E-state index is 6.12. The van der Waals surface area contributed by atoms with Gasteiger partial charge >= 0.3 is 0 Å². The highest BCUT2D eigenvalue weighted by molar-refractivity contribution is 6.20. The van der Waals surface area contributed by atoms with E-state index in [2.05, 4.69) is 6.92 Å². The van der Waals surface area contributed by atoms with E-state index in [-0.39, 0.29) is 0 Å². The fourth-order valence-corrected chi connectivity index (χ4v) is 2.58. The molecule has 0 aromatic carbocycles. The van der Waals surface area contributed by atoms with Gasteiger partial charge in [-0.1, -0.05) is 45.4 Å². The van der Waals surface area contributed by atoms with Crippen molar-refractivity contribution in [3.8, 4) is 0 Å². The molecule has 1 aliphatic rings. The topological polar surface area (TPSA) is 0 Å². The van der Waals surface area contributed by atoms with Gasteiger partial charge in [-0.25, -0.2) is 0 Å². The Morgan fingerprint density at radius 1 is 1.25 bits per heavy atom. The van der Waals surface area contributed by atoms with Crippen LogP contribution in [-0.2, 0) is 0 Å². The molecule has 0 heterocycles. The fourth-order valence-electron chi connectivity index (χ4n) is 2.17. The summed E-state index contributed by atoms with van der Waals surface area (Å²) in [6.07, 6.45) is 10.9. The number of hydrogen-bond donors (Lipinski definition) is 0. The van der Waals surface area contributed by atoms with Crippen LogP contribution in [0.1, 0.15) is 58.3 Å². The van der Waals surface area contributed by atoms with E-state index < -0.39 is 0 Å². The minimum absolute atomic E-state index is 0.491. The molecule has 2 unspecified atom stereocenters. The van der Waals surface area contributed by atoms with E-state index in [1.165, 1.54) is 51.4 Å². The second-order valence-corrected chi connectivity index (χ2v) is 4.74. The lowest BCUT2D eigenvalue weighted by molar-refractivity contribution is 0.333. The second kappa shape index (κ2) is 5.85. The molecule has 0 aliphatic heterocycles. The molecule has 0 saturated heterocycles. The summed E-state index contributed by atoms with van der Waals surface area (Å²) in [6.45, 7) is 2.27. The van der Waals surface area contributed by atoms with Gasteiger partial charge in [-0.3, -0.25) is 0 Å². The van der Waals surface area contributed by atoms with Crippen molar-refractivity contribution in [2.24, 2.45) is 5.92 Å². The lowest BCUT2D eigenvalue weighted by atomic mass is 9.85. The van der Waals surface area contributed by atoms with Crippen molar-refractivity contribution < 1.29 is 0 Å². The molecule has 1 saturated carbocycles.